The number of anilines is 1. The highest BCUT2D eigenvalue weighted by molar-refractivity contribution is 5.89. The van der Waals surface area contributed by atoms with Gasteiger partial charge in [0.15, 0.2) is 5.82 Å². The van der Waals surface area contributed by atoms with E-state index in [1.807, 2.05) is 0 Å². The number of nitrogen functional groups attached to an aromatic ring is 1. The molecule has 0 bridgehead atoms. The molecule has 98 valence electrons. The predicted octanol–water partition coefficient (Wildman–Crippen LogP) is 1.15. The van der Waals surface area contributed by atoms with E-state index in [0.717, 1.165) is 11.1 Å². The van der Waals surface area contributed by atoms with Gasteiger partial charge in [-0.1, -0.05) is 0 Å². The third-order valence-electron chi connectivity index (χ3n) is 2.57. The normalized spacial score (nSPS) is 20.2. The average Bonchev–Trinajstić information content (AvgIpc) is 2.63. The third kappa shape index (κ3) is 2.07. The van der Waals surface area contributed by atoms with Gasteiger partial charge in [-0.05, 0) is 0 Å². The fraction of sp³-hybridized carbons (Fsp3) is 0.444. The average molecular weight is 263 g/mol. The number of hydrogen-bond donors (Lipinski definition) is 1. The number of halogens is 4. The number of rotatable bonds is 1. The van der Waals surface area contributed by atoms with Crippen molar-refractivity contribution in [2.75, 3.05) is 19.3 Å². The van der Waals surface area contributed by atoms with Crippen molar-refractivity contribution in [1.82, 2.24) is 14.9 Å². The van der Waals surface area contributed by atoms with Crippen molar-refractivity contribution >= 4 is 11.8 Å². The van der Waals surface area contributed by atoms with Gasteiger partial charge in [-0.15, -0.1) is 0 Å². The van der Waals surface area contributed by atoms with Crippen LogP contribution >= 0.6 is 0 Å². The van der Waals surface area contributed by atoms with Crippen LogP contribution in [0, 0.1) is 5.82 Å². The Morgan fingerprint density at radius 2 is 2.11 bits per heavy atom. The molecule has 0 saturated carbocycles. The summed E-state index contributed by atoms with van der Waals surface area (Å²) >= 11 is 0. The zero-order valence-corrected chi connectivity index (χ0v) is 9.24. The Bertz CT molecular complexity index is 498. The molecule has 0 spiro atoms. The molecule has 0 aromatic carbocycles. The summed E-state index contributed by atoms with van der Waals surface area (Å²) in [5.41, 5.74) is 5.11. The van der Waals surface area contributed by atoms with Crippen LogP contribution in [0.2, 0.25) is 0 Å². The fourth-order valence-electron chi connectivity index (χ4n) is 1.74. The van der Waals surface area contributed by atoms with Crippen LogP contribution in [0.4, 0.5) is 23.5 Å². The standard InChI is InChI=1S/C9H9F4N5/c1-18-5(3-15-7(18)9(11,12)13)6-4(10)2-16-8(14)17-6/h2,5H,3H2,1H3,(H2,14,16,17). The molecule has 5 nitrogen and oxygen atoms in total. The smallest absolute Gasteiger partial charge is 0.368 e. The second kappa shape index (κ2) is 4.07. The molecule has 1 aliphatic heterocycles. The molecule has 0 saturated heterocycles. The molecule has 1 aliphatic rings. The topological polar surface area (TPSA) is 67.4 Å². The van der Waals surface area contributed by atoms with Gasteiger partial charge in [0.1, 0.15) is 5.69 Å². The maximum absolute atomic E-state index is 13.5. The zero-order valence-electron chi connectivity index (χ0n) is 9.24. The van der Waals surface area contributed by atoms with E-state index in [-0.39, 0.29) is 18.2 Å². The molecular formula is C9H9F4N5. The highest BCUT2D eigenvalue weighted by atomic mass is 19.4. The van der Waals surface area contributed by atoms with E-state index >= 15 is 0 Å². The van der Waals surface area contributed by atoms with Crippen molar-refractivity contribution in [2.45, 2.75) is 12.2 Å². The van der Waals surface area contributed by atoms with Crippen LogP contribution in [0.25, 0.3) is 0 Å². The number of aliphatic imine (C=N–C) groups is 1. The van der Waals surface area contributed by atoms with Gasteiger partial charge in [0.2, 0.25) is 11.8 Å². The Kier molecular flexibility index (Phi) is 2.83. The van der Waals surface area contributed by atoms with Crippen molar-refractivity contribution in [3.8, 4) is 0 Å². The van der Waals surface area contributed by atoms with Crippen LogP contribution in [0.15, 0.2) is 11.2 Å². The lowest BCUT2D eigenvalue weighted by molar-refractivity contribution is -0.0675. The maximum Gasteiger partial charge on any atom is 0.449 e. The van der Waals surface area contributed by atoms with Crippen LogP contribution in [0.1, 0.15) is 11.7 Å². The number of nitrogens with two attached hydrogens (primary N) is 1. The van der Waals surface area contributed by atoms with Gasteiger partial charge in [-0.3, -0.25) is 4.99 Å². The van der Waals surface area contributed by atoms with Gasteiger partial charge in [0, 0.05) is 7.05 Å². The number of nitrogens with zero attached hydrogens (tertiary/aromatic N) is 4. The summed E-state index contributed by atoms with van der Waals surface area (Å²) in [5, 5.41) is 0. The monoisotopic (exact) mass is 263 g/mol. The largest absolute Gasteiger partial charge is 0.449 e. The van der Waals surface area contributed by atoms with Crippen LogP contribution < -0.4 is 5.73 Å². The molecule has 9 heteroatoms. The molecule has 1 atom stereocenters. The second-order valence-electron chi connectivity index (χ2n) is 3.75. The Hall–Kier alpha value is -1.93. The lowest BCUT2D eigenvalue weighted by Gasteiger charge is -2.23. The van der Waals surface area contributed by atoms with Crippen LogP contribution in [0.3, 0.4) is 0 Å². The third-order valence-corrected chi connectivity index (χ3v) is 2.57. The molecule has 18 heavy (non-hydrogen) atoms. The second-order valence-corrected chi connectivity index (χ2v) is 3.75. The molecule has 0 aliphatic carbocycles. The molecule has 1 unspecified atom stereocenters. The first-order valence-corrected chi connectivity index (χ1v) is 4.93. The molecule has 2 N–H and O–H groups in total. The zero-order chi connectivity index (χ0) is 13.5. The first kappa shape index (κ1) is 12.5. The first-order chi connectivity index (χ1) is 8.30. The number of hydrogen-bond acceptors (Lipinski definition) is 5. The molecule has 0 amide bonds. The molecule has 1 aromatic rings. The Balaban J connectivity index is 2.31. The summed E-state index contributed by atoms with van der Waals surface area (Å²) in [7, 11) is 1.18. The minimum atomic E-state index is -4.57. The van der Waals surface area contributed by atoms with E-state index in [0.29, 0.717) is 0 Å². The Morgan fingerprint density at radius 3 is 2.67 bits per heavy atom. The van der Waals surface area contributed by atoms with Gasteiger partial charge in [0.05, 0.1) is 18.8 Å². The molecular weight excluding hydrogens is 254 g/mol. The molecule has 2 rings (SSSR count). The summed E-state index contributed by atoms with van der Waals surface area (Å²) in [4.78, 5) is 11.3. The highest BCUT2D eigenvalue weighted by Gasteiger charge is 2.44. The Morgan fingerprint density at radius 1 is 1.44 bits per heavy atom. The van der Waals surface area contributed by atoms with E-state index in [1.54, 1.807) is 0 Å². The summed E-state index contributed by atoms with van der Waals surface area (Å²) < 4.78 is 51.1. The lowest BCUT2D eigenvalue weighted by atomic mass is 10.2. The van der Waals surface area contributed by atoms with Crippen LogP contribution in [-0.2, 0) is 0 Å². The van der Waals surface area contributed by atoms with Gasteiger partial charge in [-0.25, -0.2) is 14.4 Å². The van der Waals surface area contributed by atoms with Crippen molar-refractivity contribution in [2.24, 2.45) is 4.99 Å². The van der Waals surface area contributed by atoms with Crippen molar-refractivity contribution < 1.29 is 17.6 Å². The van der Waals surface area contributed by atoms with E-state index in [1.165, 1.54) is 7.05 Å². The predicted molar refractivity (Wildman–Crippen MR) is 55.3 cm³/mol. The maximum atomic E-state index is 13.5. The van der Waals surface area contributed by atoms with E-state index < -0.39 is 23.9 Å². The Labute approximate surface area is 99.3 Å². The summed E-state index contributed by atoms with van der Waals surface area (Å²) in [6, 6.07) is -0.924. The minimum Gasteiger partial charge on any atom is -0.368 e. The van der Waals surface area contributed by atoms with Gasteiger partial charge >= 0.3 is 6.18 Å². The van der Waals surface area contributed by atoms with Gasteiger partial charge in [-0.2, -0.15) is 13.2 Å². The van der Waals surface area contributed by atoms with Crippen LogP contribution in [0.5, 0.6) is 0 Å². The van der Waals surface area contributed by atoms with Crippen molar-refractivity contribution in [3.63, 3.8) is 0 Å². The summed E-state index contributed by atoms with van der Waals surface area (Å²) in [6.07, 6.45) is -3.74. The fourth-order valence-corrected chi connectivity index (χ4v) is 1.74. The molecule has 1 aromatic heterocycles. The number of alkyl halides is 3. The summed E-state index contributed by atoms with van der Waals surface area (Å²) in [5.74, 6) is -2.05. The van der Waals surface area contributed by atoms with Crippen molar-refractivity contribution in [1.29, 1.82) is 0 Å². The van der Waals surface area contributed by atoms with Gasteiger partial charge < -0.3 is 10.6 Å². The SMILES string of the molecule is CN1C(C(F)(F)F)=NCC1c1nc(N)ncc1F. The number of likely N-dealkylation sites (N-methyl/N-ethyl adjacent to an activating group) is 1. The molecule has 2 heterocycles. The van der Waals surface area contributed by atoms with E-state index in [9.17, 15) is 17.6 Å². The van der Waals surface area contributed by atoms with Gasteiger partial charge in [0.25, 0.3) is 0 Å². The highest BCUT2D eigenvalue weighted by Crippen LogP contribution is 2.31. The first-order valence-electron chi connectivity index (χ1n) is 4.93. The van der Waals surface area contributed by atoms with Crippen LogP contribution in [-0.4, -0.2) is 40.5 Å². The summed E-state index contributed by atoms with van der Waals surface area (Å²) in [6.45, 7) is -0.223. The molecule has 0 fully saturated rings. The molecule has 0 radical (unpaired) electrons. The lowest BCUT2D eigenvalue weighted by Crippen LogP contribution is -2.37. The van der Waals surface area contributed by atoms with E-state index in [4.69, 9.17) is 5.73 Å². The van der Waals surface area contributed by atoms with Crippen molar-refractivity contribution in [3.05, 3.63) is 17.7 Å². The minimum absolute atomic E-state index is 0.187. The number of amidine groups is 1. The van der Waals surface area contributed by atoms with E-state index in [2.05, 4.69) is 15.0 Å². The quantitative estimate of drug-likeness (QED) is 0.772. The number of aromatic nitrogens is 2.